The van der Waals surface area contributed by atoms with Gasteiger partial charge in [-0.25, -0.2) is 4.98 Å². The zero-order valence-corrected chi connectivity index (χ0v) is 9.20. The third-order valence-electron chi connectivity index (χ3n) is 2.28. The van der Waals surface area contributed by atoms with Crippen molar-refractivity contribution in [2.75, 3.05) is 0 Å². The quantitative estimate of drug-likeness (QED) is 0.846. The number of nitrogens with two attached hydrogens (primary N) is 1. The predicted octanol–water partition coefficient (Wildman–Crippen LogP) is 2.29. The number of aryl methyl sites for hydroxylation is 1. The van der Waals surface area contributed by atoms with Crippen LogP contribution in [-0.2, 0) is 6.54 Å². The highest BCUT2D eigenvalue weighted by Gasteiger charge is 2.06. The number of rotatable bonds is 2. The molecule has 0 amide bonds. The monoisotopic (exact) mass is 221 g/mol. The molecule has 15 heavy (non-hydrogen) atoms. The van der Waals surface area contributed by atoms with E-state index in [1.54, 1.807) is 0 Å². The Morgan fingerprint density at radius 2 is 2.00 bits per heavy atom. The molecule has 2 N–H and O–H groups in total. The summed E-state index contributed by atoms with van der Waals surface area (Å²) in [5.41, 5.74) is 7.73. The van der Waals surface area contributed by atoms with E-state index in [1.807, 2.05) is 42.0 Å². The summed E-state index contributed by atoms with van der Waals surface area (Å²) in [4.78, 5) is 4.24. The Hall–Kier alpha value is -1.32. The second-order valence-corrected chi connectivity index (χ2v) is 3.77. The van der Waals surface area contributed by atoms with Gasteiger partial charge < -0.3 is 5.73 Å². The second kappa shape index (κ2) is 4.04. The van der Waals surface area contributed by atoms with Gasteiger partial charge in [0, 0.05) is 22.6 Å². The highest BCUT2D eigenvalue weighted by molar-refractivity contribution is 6.30. The molecule has 2 aromatic rings. The Morgan fingerprint density at radius 1 is 1.33 bits per heavy atom. The number of benzene rings is 1. The molecule has 0 saturated carbocycles. The van der Waals surface area contributed by atoms with Gasteiger partial charge in [-0.15, -0.1) is 0 Å². The van der Waals surface area contributed by atoms with E-state index in [4.69, 9.17) is 17.3 Å². The van der Waals surface area contributed by atoms with E-state index in [1.165, 1.54) is 0 Å². The van der Waals surface area contributed by atoms with E-state index in [0.29, 0.717) is 6.54 Å². The maximum absolute atomic E-state index is 5.84. The van der Waals surface area contributed by atoms with Gasteiger partial charge in [0.25, 0.3) is 0 Å². The number of hydrogen-bond donors (Lipinski definition) is 1. The predicted molar refractivity (Wildman–Crippen MR) is 61.2 cm³/mol. The van der Waals surface area contributed by atoms with Crippen molar-refractivity contribution in [3.63, 3.8) is 0 Å². The lowest BCUT2D eigenvalue weighted by Crippen LogP contribution is -2.07. The van der Waals surface area contributed by atoms with Crippen molar-refractivity contribution in [2.24, 2.45) is 5.73 Å². The molecule has 0 saturated heterocycles. The van der Waals surface area contributed by atoms with Crippen molar-refractivity contribution in [2.45, 2.75) is 13.5 Å². The molecule has 3 nitrogen and oxygen atoms in total. The maximum atomic E-state index is 5.84. The standard InChI is InChI=1S/C11H12ClN3/c1-8-7-14-11(6-13)15(8)10-4-2-9(12)3-5-10/h2-5,7H,6,13H2,1H3. The van der Waals surface area contributed by atoms with E-state index >= 15 is 0 Å². The molecule has 0 aliphatic rings. The molecule has 78 valence electrons. The summed E-state index contributed by atoms with van der Waals surface area (Å²) in [7, 11) is 0. The van der Waals surface area contributed by atoms with Crippen LogP contribution in [0.4, 0.5) is 0 Å². The fraction of sp³-hybridized carbons (Fsp3) is 0.182. The third kappa shape index (κ3) is 1.89. The molecule has 0 aliphatic carbocycles. The van der Waals surface area contributed by atoms with Crippen molar-refractivity contribution in [3.05, 3.63) is 47.0 Å². The normalized spacial score (nSPS) is 10.6. The molecule has 0 bridgehead atoms. The molecule has 0 atom stereocenters. The second-order valence-electron chi connectivity index (χ2n) is 3.33. The Balaban J connectivity index is 2.52. The highest BCUT2D eigenvalue weighted by atomic mass is 35.5. The SMILES string of the molecule is Cc1cnc(CN)n1-c1ccc(Cl)cc1. The summed E-state index contributed by atoms with van der Waals surface area (Å²) >= 11 is 5.84. The minimum atomic E-state index is 0.427. The molecule has 4 heteroatoms. The van der Waals surface area contributed by atoms with E-state index in [0.717, 1.165) is 22.2 Å². The third-order valence-corrected chi connectivity index (χ3v) is 2.53. The molecule has 0 aliphatic heterocycles. The molecule has 0 fully saturated rings. The topological polar surface area (TPSA) is 43.8 Å². The number of hydrogen-bond acceptors (Lipinski definition) is 2. The van der Waals surface area contributed by atoms with Crippen molar-refractivity contribution in [1.82, 2.24) is 9.55 Å². The van der Waals surface area contributed by atoms with Gasteiger partial charge in [-0.3, -0.25) is 4.57 Å². The average Bonchev–Trinajstić information content (AvgIpc) is 2.61. The van der Waals surface area contributed by atoms with Crippen LogP contribution in [0, 0.1) is 6.92 Å². The molecule has 0 radical (unpaired) electrons. The fourth-order valence-electron chi connectivity index (χ4n) is 1.57. The van der Waals surface area contributed by atoms with E-state index in [-0.39, 0.29) is 0 Å². The van der Waals surface area contributed by atoms with E-state index in [2.05, 4.69) is 4.98 Å². The van der Waals surface area contributed by atoms with Crippen LogP contribution in [0.15, 0.2) is 30.5 Å². The molecular weight excluding hydrogens is 210 g/mol. The smallest absolute Gasteiger partial charge is 0.127 e. The molecule has 1 aromatic heterocycles. The lowest BCUT2D eigenvalue weighted by molar-refractivity contribution is 0.852. The van der Waals surface area contributed by atoms with Crippen LogP contribution in [0.5, 0.6) is 0 Å². The first kappa shape index (κ1) is 10.2. The number of aromatic nitrogens is 2. The molecule has 0 spiro atoms. The van der Waals surface area contributed by atoms with Gasteiger partial charge in [0.1, 0.15) is 5.82 Å². The van der Waals surface area contributed by atoms with Crippen LogP contribution in [-0.4, -0.2) is 9.55 Å². The molecule has 0 unspecified atom stereocenters. The zero-order valence-electron chi connectivity index (χ0n) is 8.44. The van der Waals surface area contributed by atoms with Crippen LogP contribution in [0.1, 0.15) is 11.5 Å². The first-order chi connectivity index (χ1) is 7.22. The first-order valence-corrected chi connectivity index (χ1v) is 5.09. The lowest BCUT2D eigenvalue weighted by atomic mass is 10.3. The zero-order chi connectivity index (χ0) is 10.8. The minimum absolute atomic E-state index is 0.427. The Bertz CT molecular complexity index is 459. The van der Waals surface area contributed by atoms with Crippen molar-refractivity contribution in [3.8, 4) is 5.69 Å². The Morgan fingerprint density at radius 3 is 2.60 bits per heavy atom. The summed E-state index contributed by atoms with van der Waals surface area (Å²) in [5, 5.41) is 0.728. The van der Waals surface area contributed by atoms with Gasteiger partial charge in [-0.05, 0) is 31.2 Å². The highest BCUT2D eigenvalue weighted by Crippen LogP contribution is 2.17. The van der Waals surface area contributed by atoms with E-state index < -0.39 is 0 Å². The molecule has 2 rings (SSSR count). The fourth-order valence-corrected chi connectivity index (χ4v) is 1.70. The maximum Gasteiger partial charge on any atom is 0.127 e. The van der Waals surface area contributed by atoms with Crippen molar-refractivity contribution < 1.29 is 0 Å². The summed E-state index contributed by atoms with van der Waals surface area (Å²) in [6.45, 7) is 2.43. The summed E-state index contributed by atoms with van der Waals surface area (Å²) in [6.07, 6.45) is 1.82. The van der Waals surface area contributed by atoms with Crippen LogP contribution >= 0.6 is 11.6 Å². The van der Waals surface area contributed by atoms with Crippen molar-refractivity contribution >= 4 is 11.6 Å². The van der Waals surface area contributed by atoms with E-state index in [9.17, 15) is 0 Å². The van der Waals surface area contributed by atoms with Gasteiger partial charge in [0.05, 0.1) is 6.54 Å². The molecule has 1 aromatic carbocycles. The Kier molecular flexibility index (Phi) is 2.75. The van der Waals surface area contributed by atoms with Gasteiger partial charge >= 0.3 is 0 Å². The Labute approximate surface area is 93.5 Å². The van der Waals surface area contributed by atoms with Crippen LogP contribution in [0.25, 0.3) is 5.69 Å². The number of imidazole rings is 1. The van der Waals surface area contributed by atoms with Gasteiger partial charge in [0.15, 0.2) is 0 Å². The van der Waals surface area contributed by atoms with Crippen LogP contribution < -0.4 is 5.73 Å². The van der Waals surface area contributed by atoms with Crippen LogP contribution in [0.3, 0.4) is 0 Å². The number of nitrogens with zero attached hydrogens (tertiary/aromatic N) is 2. The minimum Gasteiger partial charge on any atom is -0.324 e. The van der Waals surface area contributed by atoms with Crippen molar-refractivity contribution in [1.29, 1.82) is 0 Å². The summed E-state index contributed by atoms with van der Waals surface area (Å²) in [5.74, 6) is 0.856. The summed E-state index contributed by atoms with van der Waals surface area (Å²) in [6, 6.07) is 7.62. The van der Waals surface area contributed by atoms with Gasteiger partial charge in [0.2, 0.25) is 0 Å². The van der Waals surface area contributed by atoms with Gasteiger partial charge in [-0.1, -0.05) is 11.6 Å². The van der Waals surface area contributed by atoms with Crippen LogP contribution in [0.2, 0.25) is 5.02 Å². The number of halogens is 1. The van der Waals surface area contributed by atoms with Gasteiger partial charge in [-0.2, -0.15) is 0 Å². The molecular formula is C11H12ClN3. The average molecular weight is 222 g/mol. The first-order valence-electron chi connectivity index (χ1n) is 4.71. The molecule has 1 heterocycles. The lowest BCUT2D eigenvalue weighted by Gasteiger charge is -2.08. The summed E-state index contributed by atoms with van der Waals surface area (Å²) < 4.78 is 2.02. The largest absolute Gasteiger partial charge is 0.324 e.